The maximum Gasteiger partial charge on any atom is 0.192 e. The highest BCUT2D eigenvalue weighted by molar-refractivity contribution is 6.74. The molecule has 0 N–H and O–H groups in total. The Morgan fingerprint density at radius 1 is 0.942 bits per heavy atom. The van der Waals surface area contributed by atoms with Crippen LogP contribution in [0.2, 0.25) is 36.3 Å². The van der Waals surface area contributed by atoms with Gasteiger partial charge in [-0.25, -0.2) is 0 Å². The van der Waals surface area contributed by atoms with Crippen molar-refractivity contribution >= 4 is 16.6 Å². The average molecular weight is 759 g/mol. The predicted molar refractivity (Wildman–Crippen MR) is 225 cm³/mol. The SMILES string of the molecule is C=C1/C(=C\C=C2/CCC[C@]3(C)[C@@H]([C@@H](C)OCC[C@@H]4OC(C)(C)OC4(CC)CC)CC[C@@H]23)C[C@@H](O[Si](C)(C)C(C)(C)C)C[C@@H]1CO[Si](C)(C)C(C)(C)C. The van der Waals surface area contributed by atoms with E-state index in [9.17, 15) is 0 Å². The molecule has 4 aliphatic rings. The highest BCUT2D eigenvalue weighted by Crippen LogP contribution is 2.59. The van der Waals surface area contributed by atoms with E-state index >= 15 is 0 Å². The van der Waals surface area contributed by atoms with Crippen molar-refractivity contribution in [1.29, 1.82) is 0 Å². The minimum atomic E-state index is -1.93. The molecule has 300 valence electrons. The largest absolute Gasteiger partial charge is 0.416 e. The van der Waals surface area contributed by atoms with E-state index in [0.717, 1.165) is 45.3 Å². The van der Waals surface area contributed by atoms with Crippen LogP contribution in [0.3, 0.4) is 0 Å². The van der Waals surface area contributed by atoms with E-state index in [1.807, 2.05) is 0 Å². The van der Waals surface area contributed by atoms with E-state index in [1.165, 1.54) is 43.3 Å². The Labute approximate surface area is 323 Å². The summed E-state index contributed by atoms with van der Waals surface area (Å²) >= 11 is 0. The summed E-state index contributed by atoms with van der Waals surface area (Å²) in [5, 5.41) is 0.364. The molecule has 3 aliphatic carbocycles. The normalized spacial score (nSPS) is 33.5. The summed E-state index contributed by atoms with van der Waals surface area (Å²) in [5.74, 6) is 0.941. The van der Waals surface area contributed by atoms with Gasteiger partial charge in [-0.1, -0.05) is 86.6 Å². The topological polar surface area (TPSA) is 46.2 Å². The second kappa shape index (κ2) is 16.1. The van der Waals surface area contributed by atoms with Crippen molar-refractivity contribution in [2.45, 2.75) is 213 Å². The molecule has 1 aliphatic heterocycles. The summed E-state index contributed by atoms with van der Waals surface area (Å²) in [6.45, 7) is 43.2. The summed E-state index contributed by atoms with van der Waals surface area (Å²) in [7, 11) is -3.81. The third kappa shape index (κ3) is 9.52. The van der Waals surface area contributed by atoms with Gasteiger partial charge in [0, 0.05) is 25.2 Å². The number of ether oxygens (including phenoxy) is 3. The average Bonchev–Trinajstić information content (AvgIpc) is 3.52. The first-order chi connectivity index (χ1) is 23.8. The van der Waals surface area contributed by atoms with E-state index in [4.69, 9.17) is 29.6 Å². The van der Waals surface area contributed by atoms with Gasteiger partial charge in [-0.3, -0.25) is 0 Å². The Balaban J connectivity index is 1.49. The van der Waals surface area contributed by atoms with Gasteiger partial charge < -0.3 is 23.1 Å². The Hall–Kier alpha value is -0.546. The molecule has 0 unspecified atom stereocenters. The first kappa shape index (κ1) is 44.2. The molecule has 5 nitrogen and oxygen atoms in total. The number of hydrogen-bond donors (Lipinski definition) is 0. The summed E-state index contributed by atoms with van der Waals surface area (Å²) in [6, 6.07) is 0. The number of hydrogen-bond acceptors (Lipinski definition) is 5. The number of fused-ring (bicyclic) bond motifs is 1. The molecule has 0 spiro atoms. The van der Waals surface area contributed by atoms with Crippen molar-refractivity contribution in [3.05, 3.63) is 35.5 Å². The van der Waals surface area contributed by atoms with Gasteiger partial charge in [-0.05, 0) is 150 Å². The molecule has 4 fully saturated rings. The minimum absolute atomic E-state index is 0.0773. The van der Waals surface area contributed by atoms with Gasteiger partial charge in [0.25, 0.3) is 0 Å². The molecule has 52 heavy (non-hydrogen) atoms. The highest BCUT2D eigenvalue weighted by Gasteiger charge is 2.53. The Morgan fingerprint density at radius 2 is 1.58 bits per heavy atom. The third-order valence-corrected chi connectivity index (χ3v) is 24.2. The van der Waals surface area contributed by atoms with Crippen molar-refractivity contribution in [3.8, 4) is 0 Å². The lowest BCUT2D eigenvalue weighted by atomic mass is 9.62. The van der Waals surface area contributed by atoms with E-state index in [1.54, 1.807) is 5.57 Å². The maximum atomic E-state index is 7.13. The fourth-order valence-electron chi connectivity index (χ4n) is 9.67. The highest BCUT2D eigenvalue weighted by atomic mass is 28.4. The van der Waals surface area contributed by atoms with Crippen LogP contribution in [0, 0.1) is 23.2 Å². The summed E-state index contributed by atoms with van der Waals surface area (Å²) < 4.78 is 33.6. The van der Waals surface area contributed by atoms with E-state index < -0.39 is 22.4 Å². The van der Waals surface area contributed by atoms with Crippen molar-refractivity contribution in [2.75, 3.05) is 13.2 Å². The minimum Gasteiger partial charge on any atom is -0.416 e. The molecule has 0 aromatic carbocycles. The monoisotopic (exact) mass is 759 g/mol. The molecule has 0 aromatic rings. The molecule has 0 radical (unpaired) electrons. The standard InChI is InChI=1S/C45H82O5Si2/c1-18-45(19-2)40(48-43(11,12)50-45)26-28-46-33(4)38-24-25-39-34(21-20-27-44(38,39)13)22-23-35-29-37(49-52(16,17)42(8,9)10)30-36(32(35)3)31-47-51(14,15)41(5,6)7/h22-23,33,36-40H,3,18-21,24-31H2,1-2,4-17H3/b34-22+,35-23-/t33-,36-,37-,38-,39+,40+,44-/m1/s1. The van der Waals surface area contributed by atoms with Crippen molar-refractivity contribution in [3.63, 3.8) is 0 Å². The first-order valence-electron chi connectivity index (χ1n) is 21.2. The van der Waals surface area contributed by atoms with Crippen LogP contribution >= 0.6 is 0 Å². The smallest absolute Gasteiger partial charge is 0.192 e. The molecule has 0 aromatic heterocycles. The molecule has 1 heterocycles. The van der Waals surface area contributed by atoms with Gasteiger partial charge in [-0.2, -0.15) is 0 Å². The van der Waals surface area contributed by atoms with Gasteiger partial charge >= 0.3 is 0 Å². The maximum absolute atomic E-state index is 7.13. The van der Waals surface area contributed by atoms with Crippen LogP contribution in [0.15, 0.2) is 35.5 Å². The van der Waals surface area contributed by atoms with Gasteiger partial charge in [0.2, 0.25) is 0 Å². The molecule has 7 heteroatoms. The molecule has 3 saturated carbocycles. The lowest BCUT2D eigenvalue weighted by Gasteiger charge is -2.44. The summed E-state index contributed by atoms with van der Waals surface area (Å²) in [5.41, 5.74) is 4.34. The lowest BCUT2D eigenvalue weighted by Crippen LogP contribution is -2.46. The lowest BCUT2D eigenvalue weighted by molar-refractivity contribution is -0.164. The molecular weight excluding hydrogens is 677 g/mol. The van der Waals surface area contributed by atoms with Crippen LogP contribution in [0.4, 0.5) is 0 Å². The van der Waals surface area contributed by atoms with Gasteiger partial charge in [0.1, 0.15) is 0 Å². The molecule has 1 saturated heterocycles. The van der Waals surface area contributed by atoms with Crippen molar-refractivity contribution in [1.82, 2.24) is 0 Å². The van der Waals surface area contributed by atoms with E-state index in [0.29, 0.717) is 17.8 Å². The molecular formula is C45H82O5Si2. The van der Waals surface area contributed by atoms with E-state index in [2.05, 4.69) is 121 Å². The zero-order valence-electron chi connectivity index (χ0n) is 36.9. The Bertz CT molecular complexity index is 1300. The second-order valence-electron chi connectivity index (χ2n) is 21.0. The van der Waals surface area contributed by atoms with E-state index in [-0.39, 0.29) is 39.4 Å². The van der Waals surface area contributed by atoms with Gasteiger partial charge in [-0.15, -0.1) is 0 Å². The third-order valence-electron chi connectivity index (χ3n) is 15.1. The molecule has 7 atom stereocenters. The van der Waals surface area contributed by atoms with Crippen LogP contribution < -0.4 is 0 Å². The summed E-state index contributed by atoms with van der Waals surface area (Å²) in [6.07, 6.45) is 16.5. The molecule has 4 rings (SSSR count). The predicted octanol–water partition coefficient (Wildman–Crippen LogP) is 12.9. The number of allylic oxidation sites excluding steroid dienone is 3. The van der Waals surface area contributed by atoms with Crippen LogP contribution in [0.25, 0.3) is 0 Å². The molecule has 0 amide bonds. The Morgan fingerprint density at radius 3 is 2.17 bits per heavy atom. The number of rotatable bonds is 13. The van der Waals surface area contributed by atoms with Gasteiger partial charge in [0.05, 0.1) is 17.8 Å². The molecule has 0 bridgehead atoms. The zero-order valence-corrected chi connectivity index (χ0v) is 38.9. The first-order valence-corrected chi connectivity index (χ1v) is 27.0. The van der Waals surface area contributed by atoms with Crippen molar-refractivity contribution < 1.29 is 23.1 Å². The second-order valence-corrected chi connectivity index (χ2v) is 30.6. The quantitative estimate of drug-likeness (QED) is 0.175. The fraction of sp³-hybridized carbons (Fsp3) is 0.867. The van der Waals surface area contributed by atoms with Crippen LogP contribution in [-0.2, 0) is 23.1 Å². The van der Waals surface area contributed by atoms with Crippen LogP contribution in [0.1, 0.15) is 147 Å². The Kier molecular flexibility index (Phi) is 13.7. The van der Waals surface area contributed by atoms with Crippen LogP contribution in [-0.4, -0.2) is 59.5 Å². The van der Waals surface area contributed by atoms with Crippen LogP contribution in [0.5, 0.6) is 0 Å². The summed E-state index contributed by atoms with van der Waals surface area (Å²) in [4.78, 5) is 0. The zero-order chi connectivity index (χ0) is 39.1. The van der Waals surface area contributed by atoms with Gasteiger partial charge in [0.15, 0.2) is 22.4 Å². The fourth-order valence-corrected chi connectivity index (χ4v) is 12.1. The van der Waals surface area contributed by atoms with Crippen molar-refractivity contribution in [2.24, 2.45) is 23.2 Å².